The fourth-order valence-corrected chi connectivity index (χ4v) is 2.05. The lowest BCUT2D eigenvalue weighted by molar-refractivity contribution is -0.131. The van der Waals surface area contributed by atoms with E-state index in [-0.39, 0.29) is 11.8 Å². The molecule has 1 aliphatic rings. The molecule has 0 radical (unpaired) electrons. The summed E-state index contributed by atoms with van der Waals surface area (Å²) in [6.45, 7) is 3.59. The van der Waals surface area contributed by atoms with E-state index in [0.29, 0.717) is 18.5 Å². The Balaban J connectivity index is 1.71. The molecule has 1 saturated heterocycles. The van der Waals surface area contributed by atoms with Gasteiger partial charge in [-0.15, -0.1) is 0 Å². The van der Waals surface area contributed by atoms with Crippen molar-refractivity contribution in [2.24, 2.45) is 0 Å². The van der Waals surface area contributed by atoms with E-state index in [0.717, 1.165) is 26.2 Å². The van der Waals surface area contributed by atoms with Crippen molar-refractivity contribution in [2.75, 3.05) is 32.7 Å². The lowest BCUT2D eigenvalue weighted by atomic mass is 10.2. The Hall–Kier alpha value is -1.88. The van der Waals surface area contributed by atoms with Crippen LogP contribution in [0.25, 0.3) is 0 Å². The number of hydrogen-bond acceptors (Lipinski definition) is 3. The third kappa shape index (κ3) is 4.06. The van der Waals surface area contributed by atoms with Crippen molar-refractivity contribution in [2.45, 2.75) is 6.42 Å². The van der Waals surface area contributed by atoms with Gasteiger partial charge in [0, 0.05) is 44.7 Å². The van der Waals surface area contributed by atoms with E-state index >= 15 is 0 Å². The molecule has 0 spiro atoms. The van der Waals surface area contributed by atoms with E-state index < -0.39 is 0 Å². The van der Waals surface area contributed by atoms with Gasteiger partial charge in [-0.1, -0.05) is 18.2 Å². The van der Waals surface area contributed by atoms with Crippen LogP contribution in [-0.4, -0.2) is 49.4 Å². The predicted molar refractivity (Wildman–Crippen MR) is 72.8 cm³/mol. The minimum Gasteiger partial charge on any atom is -0.352 e. The first kappa shape index (κ1) is 13.5. The Bertz CT molecular complexity index is 428. The molecular formula is C14H19N3O2. The SMILES string of the molecule is O=C(NCCC(=O)N1CCNCC1)c1ccccc1. The van der Waals surface area contributed by atoms with Crippen molar-refractivity contribution in [1.82, 2.24) is 15.5 Å². The molecule has 5 nitrogen and oxygen atoms in total. The zero-order valence-electron chi connectivity index (χ0n) is 10.9. The van der Waals surface area contributed by atoms with E-state index in [9.17, 15) is 9.59 Å². The molecule has 0 atom stereocenters. The van der Waals surface area contributed by atoms with Crippen LogP contribution in [0.4, 0.5) is 0 Å². The molecule has 1 aromatic rings. The maximum atomic E-state index is 11.9. The standard InChI is InChI=1S/C14H19N3O2/c18-13(17-10-8-15-9-11-17)6-7-16-14(19)12-4-2-1-3-5-12/h1-5,15H,6-11H2,(H,16,19). The first-order chi connectivity index (χ1) is 9.27. The Labute approximate surface area is 113 Å². The summed E-state index contributed by atoms with van der Waals surface area (Å²) >= 11 is 0. The van der Waals surface area contributed by atoms with Crippen LogP contribution in [0.2, 0.25) is 0 Å². The number of piperazine rings is 1. The van der Waals surface area contributed by atoms with Gasteiger partial charge >= 0.3 is 0 Å². The summed E-state index contributed by atoms with van der Waals surface area (Å²) in [5.74, 6) is -0.0245. The smallest absolute Gasteiger partial charge is 0.251 e. The van der Waals surface area contributed by atoms with E-state index in [4.69, 9.17) is 0 Å². The molecule has 2 N–H and O–H groups in total. The number of benzene rings is 1. The summed E-state index contributed by atoms with van der Waals surface area (Å²) in [6, 6.07) is 9.02. The van der Waals surface area contributed by atoms with Crippen LogP contribution < -0.4 is 10.6 Å². The minimum atomic E-state index is -0.131. The van der Waals surface area contributed by atoms with Crippen molar-refractivity contribution in [3.05, 3.63) is 35.9 Å². The number of rotatable bonds is 4. The number of carbonyl (C=O) groups is 2. The van der Waals surface area contributed by atoms with Gasteiger partial charge in [-0.25, -0.2) is 0 Å². The molecule has 2 rings (SSSR count). The summed E-state index contributed by atoms with van der Waals surface area (Å²) in [5.41, 5.74) is 0.622. The Morgan fingerprint density at radius 1 is 1.16 bits per heavy atom. The molecule has 0 unspecified atom stereocenters. The van der Waals surface area contributed by atoms with E-state index in [2.05, 4.69) is 10.6 Å². The lowest BCUT2D eigenvalue weighted by Crippen LogP contribution is -2.47. The average Bonchev–Trinajstić information content (AvgIpc) is 2.49. The molecule has 0 aromatic heterocycles. The first-order valence-electron chi connectivity index (χ1n) is 6.59. The van der Waals surface area contributed by atoms with Crippen LogP contribution in [0.3, 0.4) is 0 Å². The van der Waals surface area contributed by atoms with Gasteiger partial charge in [0.25, 0.3) is 5.91 Å². The van der Waals surface area contributed by atoms with Gasteiger partial charge in [0.1, 0.15) is 0 Å². The molecule has 102 valence electrons. The second-order valence-electron chi connectivity index (χ2n) is 4.50. The van der Waals surface area contributed by atoms with Crippen molar-refractivity contribution in [3.63, 3.8) is 0 Å². The summed E-state index contributed by atoms with van der Waals surface area (Å²) in [5, 5.41) is 5.97. The van der Waals surface area contributed by atoms with Crippen LogP contribution >= 0.6 is 0 Å². The summed E-state index contributed by atoms with van der Waals surface area (Å²) in [4.78, 5) is 25.5. The minimum absolute atomic E-state index is 0.106. The molecule has 1 aliphatic heterocycles. The van der Waals surface area contributed by atoms with Gasteiger partial charge in [-0.3, -0.25) is 9.59 Å². The molecule has 19 heavy (non-hydrogen) atoms. The van der Waals surface area contributed by atoms with Gasteiger partial charge in [0.2, 0.25) is 5.91 Å². The quantitative estimate of drug-likeness (QED) is 0.816. The number of carbonyl (C=O) groups excluding carboxylic acids is 2. The van der Waals surface area contributed by atoms with Crippen LogP contribution in [0.1, 0.15) is 16.8 Å². The largest absolute Gasteiger partial charge is 0.352 e. The van der Waals surface area contributed by atoms with Gasteiger partial charge in [0.15, 0.2) is 0 Å². The fraction of sp³-hybridized carbons (Fsp3) is 0.429. The van der Waals surface area contributed by atoms with Crippen LogP contribution in [0.15, 0.2) is 30.3 Å². The molecule has 0 aliphatic carbocycles. The zero-order valence-corrected chi connectivity index (χ0v) is 10.9. The number of amides is 2. The molecule has 1 heterocycles. The van der Waals surface area contributed by atoms with Crippen LogP contribution in [-0.2, 0) is 4.79 Å². The van der Waals surface area contributed by atoms with Crippen LogP contribution in [0, 0.1) is 0 Å². The summed E-state index contributed by atoms with van der Waals surface area (Å²) in [7, 11) is 0. The van der Waals surface area contributed by atoms with Crippen LogP contribution in [0.5, 0.6) is 0 Å². The monoisotopic (exact) mass is 261 g/mol. The molecule has 0 bridgehead atoms. The molecule has 1 aromatic carbocycles. The fourth-order valence-electron chi connectivity index (χ4n) is 2.05. The summed E-state index contributed by atoms with van der Waals surface area (Å²) < 4.78 is 0. The van der Waals surface area contributed by atoms with Crippen molar-refractivity contribution < 1.29 is 9.59 Å². The predicted octanol–water partition coefficient (Wildman–Crippen LogP) is 0.238. The lowest BCUT2D eigenvalue weighted by Gasteiger charge is -2.27. The molecule has 1 fully saturated rings. The molecular weight excluding hydrogens is 242 g/mol. The third-order valence-electron chi connectivity index (χ3n) is 3.13. The number of nitrogens with one attached hydrogen (secondary N) is 2. The number of hydrogen-bond donors (Lipinski definition) is 2. The summed E-state index contributed by atoms with van der Waals surface area (Å²) in [6.07, 6.45) is 0.360. The Kier molecular flexibility index (Phi) is 4.92. The van der Waals surface area contributed by atoms with Crippen molar-refractivity contribution >= 4 is 11.8 Å². The van der Waals surface area contributed by atoms with Gasteiger partial charge < -0.3 is 15.5 Å². The molecule has 0 saturated carbocycles. The van der Waals surface area contributed by atoms with E-state index in [1.165, 1.54) is 0 Å². The van der Waals surface area contributed by atoms with E-state index in [1.807, 2.05) is 23.1 Å². The molecule has 5 heteroatoms. The normalized spacial score (nSPS) is 15.1. The maximum Gasteiger partial charge on any atom is 0.251 e. The Morgan fingerprint density at radius 2 is 1.84 bits per heavy atom. The topological polar surface area (TPSA) is 61.4 Å². The highest BCUT2D eigenvalue weighted by molar-refractivity contribution is 5.94. The van der Waals surface area contributed by atoms with E-state index in [1.54, 1.807) is 12.1 Å². The second-order valence-corrected chi connectivity index (χ2v) is 4.50. The zero-order chi connectivity index (χ0) is 13.5. The average molecular weight is 261 g/mol. The highest BCUT2D eigenvalue weighted by Crippen LogP contribution is 1.99. The third-order valence-corrected chi connectivity index (χ3v) is 3.13. The highest BCUT2D eigenvalue weighted by atomic mass is 16.2. The maximum absolute atomic E-state index is 11.9. The Morgan fingerprint density at radius 3 is 2.53 bits per heavy atom. The van der Waals surface area contributed by atoms with Gasteiger partial charge in [-0.2, -0.15) is 0 Å². The highest BCUT2D eigenvalue weighted by Gasteiger charge is 2.15. The van der Waals surface area contributed by atoms with Gasteiger partial charge in [0.05, 0.1) is 0 Å². The second kappa shape index (κ2) is 6.89. The molecule has 2 amide bonds. The van der Waals surface area contributed by atoms with Crippen molar-refractivity contribution in [1.29, 1.82) is 0 Å². The van der Waals surface area contributed by atoms with Gasteiger partial charge in [-0.05, 0) is 12.1 Å². The first-order valence-corrected chi connectivity index (χ1v) is 6.59. The van der Waals surface area contributed by atoms with Crippen molar-refractivity contribution in [3.8, 4) is 0 Å². The number of nitrogens with zero attached hydrogens (tertiary/aromatic N) is 1.